The maximum Gasteiger partial charge on any atom is 0.243 e. The van der Waals surface area contributed by atoms with Gasteiger partial charge in [-0.2, -0.15) is 5.10 Å². The summed E-state index contributed by atoms with van der Waals surface area (Å²) in [6.45, 7) is 4.57. The molecular weight excluding hydrogens is 288 g/mol. The van der Waals surface area contributed by atoms with Gasteiger partial charge in [-0.1, -0.05) is 37.3 Å². The van der Waals surface area contributed by atoms with E-state index in [0.717, 1.165) is 18.7 Å². The molecule has 0 aliphatic rings. The fourth-order valence-corrected chi connectivity index (χ4v) is 2.80. The zero-order valence-electron chi connectivity index (χ0n) is 12.0. The first kappa shape index (κ1) is 15.7. The van der Waals surface area contributed by atoms with Gasteiger partial charge in [0.1, 0.15) is 4.90 Å². The number of hydrogen-bond acceptors (Lipinski definition) is 4. The van der Waals surface area contributed by atoms with Crippen molar-refractivity contribution in [3.63, 3.8) is 0 Å². The molecule has 21 heavy (non-hydrogen) atoms. The van der Waals surface area contributed by atoms with Gasteiger partial charge in [0.15, 0.2) is 0 Å². The van der Waals surface area contributed by atoms with Crippen LogP contribution in [0.15, 0.2) is 47.6 Å². The lowest BCUT2D eigenvalue weighted by Gasteiger charge is -2.04. The Kier molecular flexibility index (Phi) is 5.49. The van der Waals surface area contributed by atoms with Crippen LogP contribution in [0, 0.1) is 0 Å². The number of aromatic nitrogens is 2. The first-order valence-electron chi connectivity index (χ1n) is 6.88. The van der Waals surface area contributed by atoms with Gasteiger partial charge in [-0.25, -0.2) is 13.1 Å². The number of hydrogen-bond donors (Lipinski definition) is 2. The second-order valence-corrected chi connectivity index (χ2v) is 6.37. The van der Waals surface area contributed by atoms with Gasteiger partial charge in [0, 0.05) is 19.3 Å². The molecule has 0 atom stereocenters. The minimum Gasteiger partial charge on any atom is -0.315 e. The Morgan fingerprint density at radius 3 is 2.71 bits per heavy atom. The number of nitrogens with zero attached hydrogens (tertiary/aromatic N) is 2. The van der Waals surface area contributed by atoms with Gasteiger partial charge in [-0.05, 0) is 12.1 Å². The van der Waals surface area contributed by atoms with Crippen LogP contribution >= 0.6 is 0 Å². The molecule has 0 spiro atoms. The van der Waals surface area contributed by atoms with Crippen molar-refractivity contribution in [2.24, 2.45) is 0 Å². The van der Waals surface area contributed by atoms with Gasteiger partial charge in [-0.3, -0.25) is 4.68 Å². The van der Waals surface area contributed by atoms with Gasteiger partial charge >= 0.3 is 0 Å². The minimum absolute atomic E-state index is 0.190. The lowest BCUT2D eigenvalue weighted by Crippen LogP contribution is -2.23. The van der Waals surface area contributed by atoms with Gasteiger partial charge < -0.3 is 5.32 Å². The summed E-state index contributed by atoms with van der Waals surface area (Å²) in [5, 5.41) is 7.23. The standard InChI is InChI=1S/C14H20N4O2S/c1-2-15-8-9-18-12-14(11-16-18)21(19,20)17-10-13-6-4-3-5-7-13/h3-7,11-12,15,17H,2,8-10H2,1H3. The van der Waals surface area contributed by atoms with E-state index in [1.54, 1.807) is 10.9 Å². The van der Waals surface area contributed by atoms with Crippen LogP contribution in [0.4, 0.5) is 0 Å². The number of nitrogens with one attached hydrogen (secondary N) is 2. The van der Waals surface area contributed by atoms with Crippen molar-refractivity contribution in [2.75, 3.05) is 13.1 Å². The molecule has 1 aromatic heterocycles. The van der Waals surface area contributed by atoms with Crippen molar-refractivity contribution in [1.29, 1.82) is 0 Å². The summed E-state index contributed by atoms with van der Waals surface area (Å²) in [6, 6.07) is 9.40. The molecule has 0 saturated carbocycles. The van der Waals surface area contributed by atoms with E-state index in [1.807, 2.05) is 37.3 Å². The molecule has 7 heteroatoms. The largest absolute Gasteiger partial charge is 0.315 e. The molecule has 0 aliphatic carbocycles. The molecule has 0 bridgehead atoms. The van der Waals surface area contributed by atoms with Gasteiger partial charge in [0.25, 0.3) is 0 Å². The Hall–Kier alpha value is -1.70. The highest BCUT2D eigenvalue weighted by atomic mass is 32.2. The van der Waals surface area contributed by atoms with Crippen molar-refractivity contribution >= 4 is 10.0 Å². The van der Waals surface area contributed by atoms with Crippen molar-refractivity contribution in [3.05, 3.63) is 48.3 Å². The SMILES string of the molecule is CCNCCn1cc(S(=O)(=O)NCc2ccccc2)cn1. The molecule has 2 rings (SSSR count). The van der Waals surface area contributed by atoms with E-state index < -0.39 is 10.0 Å². The minimum atomic E-state index is -3.52. The van der Waals surface area contributed by atoms with Gasteiger partial charge in [0.05, 0.1) is 12.7 Å². The molecule has 6 nitrogen and oxygen atoms in total. The van der Waals surface area contributed by atoms with E-state index in [4.69, 9.17) is 0 Å². The van der Waals surface area contributed by atoms with Crippen molar-refractivity contribution in [1.82, 2.24) is 19.8 Å². The van der Waals surface area contributed by atoms with E-state index in [-0.39, 0.29) is 11.4 Å². The lowest BCUT2D eigenvalue weighted by molar-refractivity contribution is 0.562. The summed E-state index contributed by atoms with van der Waals surface area (Å²) in [5.74, 6) is 0. The fourth-order valence-electron chi connectivity index (χ4n) is 1.83. The van der Waals surface area contributed by atoms with Gasteiger partial charge in [0.2, 0.25) is 10.0 Å². The summed E-state index contributed by atoms with van der Waals surface area (Å²) in [4.78, 5) is 0.190. The van der Waals surface area contributed by atoms with Crippen LogP contribution in [0.1, 0.15) is 12.5 Å². The maximum atomic E-state index is 12.2. The molecular formula is C14H20N4O2S. The van der Waals surface area contributed by atoms with Crippen LogP contribution < -0.4 is 10.0 Å². The second kappa shape index (κ2) is 7.35. The second-order valence-electron chi connectivity index (χ2n) is 4.60. The Labute approximate surface area is 125 Å². The molecule has 1 heterocycles. The van der Waals surface area contributed by atoms with Crippen molar-refractivity contribution in [2.45, 2.75) is 24.9 Å². The number of rotatable bonds is 8. The molecule has 0 amide bonds. The molecule has 114 valence electrons. The highest BCUT2D eigenvalue weighted by molar-refractivity contribution is 7.89. The Bertz CT molecular complexity index is 653. The monoisotopic (exact) mass is 308 g/mol. The van der Waals surface area contributed by atoms with Crippen molar-refractivity contribution in [3.8, 4) is 0 Å². The zero-order chi connectivity index (χ0) is 15.1. The summed E-state index contributed by atoms with van der Waals surface area (Å²) < 4.78 is 28.5. The van der Waals surface area contributed by atoms with Crippen LogP contribution in [0.3, 0.4) is 0 Å². The lowest BCUT2D eigenvalue weighted by atomic mass is 10.2. The fraction of sp³-hybridized carbons (Fsp3) is 0.357. The first-order valence-corrected chi connectivity index (χ1v) is 8.37. The van der Waals surface area contributed by atoms with Crippen LogP contribution in [-0.4, -0.2) is 31.3 Å². The first-order chi connectivity index (χ1) is 10.1. The predicted octanol–water partition coefficient (Wildman–Crippen LogP) is 0.971. The average Bonchev–Trinajstić information content (AvgIpc) is 2.96. The molecule has 0 fully saturated rings. The number of benzene rings is 1. The van der Waals surface area contributed by atoms with Gasteiger partial charge in [-0.15, -0.1) is 0 Å². The third-order valence-electron chi connectivity index (χ3n) is 3.00. The van der Waals surface area contributed by atoms with Crippen LogP contribution in [0.5, 0.6) is 0 Å². The van der Waals surface area contributed by atoms with E-state index >= 15 is 0 Å². The topological polar surface area (TPSA) is 76.0 Å². The molecule has 0 saturated heterocycles. The summed E-state index contributed by atoms with van der Waals surface area (Å²) in [5.41, 5.74) is 0.917. The predicted molar refractivity (Wildman–Crippen MR) is 81.2 cm³/mol. The smallest absolute Gasteiger partial charge is 0.243 e. The zero-order valence-corrected chi connectivity index (χ0v) is 12.8. The van der Waals surface area contributed by atoms with E-state index in [9.17, 15) is 8.42 Å². The van der Waals surface area contributed by atoms with Crippen molar-refractivity contribution < 1.29 is 8.42 Å². The van der Waals surface area contributed by atoms with E-state index in [1.165, 1.54) is 6.20 Å². The van der Waals surface area contributed by atoms with Crippen LogP contribution in [0.25, 0.3) is 0 Å². The summed E-state index contributed by atoms with van der Waals surface area (Å²) >= 11 is 0. The summed E-state index contributed by atoms with van der Waals surface area (Å²) in [7, 11) is -3.52. The third-order valence-corrected chi connectivity index (χ3v) is 4.35. The third kappa shape index (κ3) is 4.66. The number of likely N-dealkylation sites (N-methyl/N-ethyl adjacent to an activating group) is 1. The average molecular weight is 308 g/mol. The quantitative estimate of drug-likeness (QED) is 0.713. The van der Waals surface area contributed by atoms with Crippen LogP contribution in [-0.2, 0) is 23.1 Å². The Morgan fingerprint density at radius 2 is 2.00 bits per heavy atom. The highest BCUT2D eigenvalue weighted by Crippen LogP contribution is 2.08. The molecule has 0 radical (unpaired) electrons. The maximum absolute atomic E-state index is 12.2. The normalized spacial score (nSPS) is 11.7. The molecule has 2 aromatic rings. The molecule has 2 N–H and O–H groups in total. The molecule has 1 aromatic carbocycles. The van der Waals surface area contributed by atoms with E-state index in [0.29, 0.717) is 6.54 Å². The van der Waals surface area contributed by atoms with E-state index in [2.05, 4.69) is 15.1 Å². The highest BCUT2D eigenvalue weighted by Gasteiger charge is 2.15. The Balaban J connectivity index is 1.96. The Morgan fingerprint density at radius 1 is 1.24 bits per heavy atom. The molecule has 0 unspecified atom stereocenters. The van der Waals surface area contributed by atoms with Crippen LogP contribution in [0.2, 0.25) is 0 Å². The summed E-state index contributed by atoms with van der Waals surface area (Å²) in [6.07, 6.45) is 2.92. The number of sulfonamides is 1. The molecule has 0 aliphatic heterocycles.